The summed E-state index contributed by atoms with van der Waals surface area (Å²) in [5, 5.41) is 0. The van der Waals surface area contributed by atoms with Crippen molar-refractivity contribution in [2.75, 3.05) is 7.11 Å². The Kier molecular flexibility index (Phi) is 5.08. The van der Waals surface area contributed by atoms with Crippen LogP contribution in [0, 0.1) is 6.92 Å². The largest absolute Gasteiger partial charge is 0.495 e. The molecule has 1 aromatic heterocycles. The topological polar surface area (TPSA) is 55.4 Å². The second-order valence-electron chi connectivity index (χ2n) is 4.59. The molecule has 0 spiro atoms. The number of benzene rings is 1. The number of aryl methyl sites for hydroxylation is 1. The lowest BCUT2D eigenvalue weighted by atomic mass is 10.3. The fraction of sp³-hybridized carbons (Fsp3) is 0.286. The third kappa shape index (κ3) is 3.85. The maximum absolute atomic E-state index is 12.5. The fourth-order valence-corrected chi connectivity index (χ4v) is 4.79. The van der Waals surface area contributed by atoms with Crippen molar-refractivity contribution in [1.29, 1.82) is 0 Å². The van der Waals surface area contributed by atoms with E-state index in [-0.39, 0.29) is 10.9 Å². The van der Waals surface area contributed by atoms with Crippen molar-refractivity contribution in [3.63, 3.8) is 0 Å². The zero-order valence-electron chi connectivity index (χ0n) is 11.9. The van der Waals surface area contributed by atoms with E-state index in [1.165, 1.54) is 13.2 Å². The second kappa shape index (κ2) is 6.48. The molecule has 1 heterocycles. The summed E-state index contributed by atoms with van der Waals surface area (Å²) in [6.45, 7) is 3.82. The van der Waals surface area contributed by atoms with E-state index >= 15 is 0 Å². The zero-order valence-corrected chi connectivity index (χ0v) is 15.1. The Morgan fingerprint density at radius 2 is 2.00 bits per heavy atom. The SMILES string of the molecule is COc1ccc(Br)cc1S(=O)(=O)NC(C)c1ccc(C)s1. The summed E-state index contributed by atoms with van der Waals surface area (Å²) >= 11 is 4.86. The van der Waals surface area contributed by atoms with Crippen LogP contribution in [-0.4, -0.2) is 15.5 Å². The van der Waals surface area contributed by atoms with Gasteiger partial charge in [-0.15, -0.1) is 11.3 Å². The van der Waals surface area contributed by atoms with Gasteiger partial charge in [0.2, 0.25) is 10.0 Å². The minimum absolute atomic E-state index is 0.125. The summed E-state index contributed by atoms with van der Waals surface area (Å²) in [6.07, 6.45) is 0. The van der Waals surface area contributed by atoms with Crippen LogP contribution in [0.25, 0.3) is 0 Å². The van der Waals surface area contributed by atoms with Crippen molar-refractivity contribution in [3.05, 3.63) is 44.6 Å². The number of rotatable bonds is 5. The fourth-order valence-electron chi connectivity index (χ4n) is 1.90. The van der Waals surface area contributed by atoms with Crippen molar-refractivity contribution in [3.8, 4) is 5.75 Å². The van der Waals surface area contributed by atoms with E-state index in [9.17, 15) is 8.42 Å². The Morgan fingerprint density at radius 3 is 2.57 bits per heavy atom. The average Bonchev–Trinajstić information content (AvgIpc) is 2.85. The molecule has 0 bridgehead atoms. The first kappa shape index (κ1) is 16.5. The summed E-state index contributed by atoms with van der Waals surface area (Å²) in [4.78, 5) is 2.25. The van der Waals surface area contributed by atoms with Crippen LogP contribution in [0.3, 0.4) is 0 Å². The number of halogens is 1. The summed E-state index contributed by atoms with van der Waals surface area (Å²) in [7, 11) is -2.21. The molecule has 21 heavy (non-hydrogen) atoms. The van der Waals surface area contributed by atoms with Crippen molar-refractivity contribution >= 4 is 37.3 Å². The van der Waals surface area contributed by atoms with Crippen molar-refractivity contribution in [1.82, 2.24) is 4.72 Å². The average molecular weight is 390 g/mol. The Morgan fingerprint density at radius 1 is 1.29 bits per heavy atom. The lowest BCUT2D eigenvalue weighted by Crippen LogP contribution is -2.26. The molecule has 0 aliphatic carbocycles. The highest BCUT2D eigenvalue weighted by molar-refractivity contribution is 9.10. The molecule has 2 rings (SSSR count). The Labute approximate surface area is 137 Å². The third-order valence-corrected chi connectivity index (χ3v) is 6.17. The predicted octanol–water partition coefficient (Wildman–Crippen LogP) is 3.87. The number of ether oxygens (including phenoxy) is 1. The van der Waals surface area contributed by atoms with Crippen molar-refractivity contribution in [2.24, 2.45) is 0 Å². The molecule has 0 saturated carbocycles. The number of hydrogen-bond donors (Lipinski definition) is 1. The molecule has 114 valence electrons. The summed E-state index contributed by atoms with van der Waals surface area (Å²) in [5.41, 5.74) is 0. The molecule has 4 nitrogen and oxygen atoms in total. The molecule has 7 heteroatoms. The first-order valence-corrected chi connectivity index (χ1v) is 9.35. The summed E-state index contributed by atoms with van der Waals surface area (Å²) in [6, 6.07) is 8.52. The quantitative estimate of drug-likeness (QED) is 0.844. The molecule has 1 N–H and O–H groups in total. The summed E-state index contributed by atoms with van der Waals surface area (Å²) < 4.78 is 33.6. The molecule has 0 saturated heterocycles. The van der Waals surface area contributed by atoms with Gasteiger partial charge < -0.3 is 4.74 Å². The van der Waals surface area contributed by atoms with E-state index in [4.69, 9.17) is 4.74 Å². The van der Waals surface area contributed by atoms with E-state index in [2.05, 4.69) is 20.7 Å². The standard InChI is InChI=1S/C14H16BrNO3S2/c1-9-4-7-13(20-9)10(2)16-21(17,18)14-8-11(15)5-6-12(14)19-3/h4-8,10,16H,1-3H3. The van der Waals surface area contributed by atoms with Crippen LogP contribution < -0.4 is 9.46 Å². The van der Waals surface area contributed by atoms with Gasteiger partial charge in [0.25, 0.3) is 0 Å². The highest BCUT2D eigenvalue weighted by Gasteiger charge is 2.23. The molecule has 1 unspecified atom stereocenters. The maximum Gasteiger partial charge on any atom is 0.244 e. The number of thiophene rings is 1. The van der Waals surface area contributed by atoms with Crippen LogP contribution >= 0.6 is 27.3 Å². The lowest BCUT2D eigenvalue weighted by Gasteiger charge is -2.15. The minimum atomic E-state index is -3.66. The molecule has 1 atom stereocenters. The van der Waals surface area contributed by atoms with Crippen LogP contribution in [0.15, 0.2) is 39.7 Å². The Bertz CT molecular complexity index is 740. The predicted molar refractivity (Wildman–Crippen MR) is 88.5 cm³/mol. The van der Waals surface area contributed by atoms with E-state index < -0.39 is 10.0 Å². The molecule has 0 radical (unpaired) electrons. The van der Waals surface area contributed by atoms with E-state index in [1.807, 2.05) is 26.0 Å². The zero-order chi connectivity index (χ0) is 15.6. The molecule has 2 aromatic rings. The first-order valence-electron chi connectivity index (χ1n) is 6.25. The smallest absolute Gasteiger partial charge is 0.244 e. The van der Waals surface area contributed by atoms with E-state index in [0.29, 0.717) is 10.2 Å². The number of hydrogen-bond acceptors (Lipinski definition) is 4. The van der Waals surface area contributed by atoms with Gasteiger partial charge >= 0.3 is 0 Å². The van der Waals surface area contributed by atoms with Gasteiger partial charge in [-0.3, -0.25) is 0 Å². The van der Waals surface area contributed by atoms with Crippen LogP contribution in [-0.2, 0) is 10.0 Å². The van der Waals surface area contributed by atoms with Gasteiger partial charge in [0.15, 0.2) is 0 Å². The van der Waals surface area contributed by atoms with Crippen LogP contribution in [0.5, 0.6) is 5.75 Å². The third-order valence-electron chi connectivity index (χ3n) is 2.94. The monoisotopic (exact) mass is 389 g/mol. The second-order valence-corrected chi connectivity index (χ2v) is 8.50. The molecular weight excluding hydrogens is 374 g/mol. The van der Waals surface area contributed by atoms with Gasteiger partial charge in [-0.2, -0.15) is 0 Å². The van der Waals surface area contributed by atoms with Crippen LogP contribution in [0.1, 0.15) is 22.7 Å². The first-order chi connectivity index (χ1) is 9.83. The number of methoxy groups -OCH3 is 1. The molecule has 1 aromatic carbocycles. The van der Waals surface area contributed by atoms with E-state index in [0.717, 1.165) is 9.75 Å². The van der Waals surface area contributed by atoms with Crippen LogP contribution in [0.2, 0.25) is 0 Å². The highest BCUT2D eigenvalue weighted by Crippen LogP contribution is 2.29. The molecule has 0 fully saturated rings. The van der Waals surface area contributed by atoms with Gasteiger partial charge in [0.05, 0.1) is 13.2 Å². The maximum atomic E-state index is 12.5. The molecule has 0 aliphatic heterocycles. The Balaban J connectivity index is 2.32. The minimum Gasteiger partial charge on any atom is -0.495 e. The highest BCUT2D eigenvalue weighted by atomic mass is 79.9. The number of nitrogens with one attached hydrogen (secondary N) is 1. The molecular formula is C14H16BrNO3S2. The molecule has 0 amide bonds. The summed E-state index contributed by atoms with van der Waals surface area (Å²) in [5.74, 6) is 0.320. The molecule has 0 aliphatic rings. The Hall–Kier alpha value is -0.890. The van der Waals surface area contributed by atoms with Gasteiger partial charge in [-0.25, -0.2) is 13.1 Å². The van der Waals surface area contributed by atoms with Gasteiger partial charge in [0, 0.05) is 14.2 Å². The normalized spacial score (nSPS) is 13.1. The van der Waals surface area contributed by atoms with Crippen LogP contribution in [0.4, 0.5) is 0 Å². The van der Waals surface area contributed by atoms with Crippen molar-refractivity contribution < 1.29 is 13.2 Å². The van der Waals surface area contributed by atoms with Gasteiger partial charge in [-0.1, -0.05) is 15.9 Å². The van der Waals surface area contributed by atoms with Gasteiger partial charge in [0.1, 0.15) is 10.6 Å². The van der Waals surface area contributed by atoms with E-state index in [1.54, 1.807) is 23.5 Å². The number of sulfonamides is 1. The lowest BCUT2D eigenvalue weighted by molar-refractivity contribution is 0.402. The van der Waals surface area contributed by atoms with Gasteiger partial charge in [-0.05, 0) is 44.2 Å². The van der Waals surface area contributed by atoms with Crippen molar-refractivity contribution in [2.45, 2.75) is 24.8 Å².